The summed E-state index contributed by atoms with van der Waals surface area (Å²) in [5.41, 5.74) is 2.84. The number of benzene rings is 2. The van der Waals surface area contributed by atoms with Gasteiger partial charge in [-0.25, -0.2) is 4.79 Å². The fourth-order valence-electron chi connectivity index (χ4n) is 4.04. The number of anilines is 1. The third-order valence-electron chi connectivity index (χ3n) is 5.72. The van der Waals surface area contributed by atoms with Crippen LogP contribution in [0, 0.1) is 11.3 Å². The van der Waals surface area contributed by atoms with Crippen molar-refractivity contribution in [1.29, 1.82) is 0 Å². The quantitative estimate of drug-likeness (QED) is 0.892. The summed E-state index contributed by atoms with van der Waals surface area (Å²) in [7, 11) is 0. The second kappa shape index (κ2) is 7.09. The van der Waals surface area contributed by atoms with Crippen molar-refractivity contribution in [3.8, 4) is 11.1 Å². The van der Waals surface area contributed by atoms with Crippen LogP contribution in [0.3, 0.4) is 0 Å². The van der Waals surface area contributed by atoms with Gasteiger partial charge in [-0.05, 0) is 29.7 Å². The Hall–Kier alpha value is -2.37. The lowest BCUT2D eigenvalue weighted by atomic mass is 9.75. The summed E-state index contributed by atoms with van der Waals surface area (Å²) >= 11 is 0. The van der Waals surface area contributed by atoms with Gasteiger partial charge in [0.1, 0.15) is 0 Å². The maximum absolute atomic E-state index is 12.7. The number of aliphatic hydroxyl groups excluding tert-OH is 1. The number of urea groups is 1. The number of ether oxygens (including phenoxy) is 1. The molecule has 2 aliphatic heterocycles. The van der Waals surface area contributed by atoms with Crippen LogP contribution >= 0.6 is 0 Å². The average molecular weight is 352 g/mol. The fraction of sp³-hybridized carbons (Fsp3) is 0.381. The molecule has 5 nitrogen and oxygen atoms in total. The molecule has 2 fully saturated rings. The highest BCUT2D eigenvalue weighted by atomic mass is 16.5. The molecule has 0 spiro atoms. The maximum Gasteiger partial charge on any atom is 0.321 e. The molecule has 2 N–H and O–H groups in total. The summed E-state index contributed by atoms with van der Waals surface area (Å²) in [6, 6.07) is 17.9. The topological polar surface area (TPSA) is 61.8 Å². The Labute approximate surface area is 153 Å². The van der Waals surface area contributed by atoms with Gasteiger partial charge in [0.15, 0.2) is 0 Å². The molecule has 0 unspecified atom stereocenters. The molecule has 0 bridgehead atoms. The van der Waals surface area contributed by atoms with Crippen molar-refractivity contribution in [2.24, 2.45) is 11.3 Å². The van der Waals surface area contributed by atoms with Crippen molar-refractivity contribution >= 4 is 11.7 Å². The Bertz CT molecular complexity index is 763. The maximum atomic E-state index is 12.7. The fourth-order valence-corrected chi connectivity index (χ4v) is 4.04. The number of carbonyl (C=O) groups is 1. The number of carbonyl (C=O) groups excluding carboxylic acids is 1. The van der Waals surface area contributed by atoms with E-state index in [9.17, 15) is 9.90 Å². The number of amides is 2. The zero-order valence-corrected chi connectivity index (χ0v) is 14.7. The van der Waals surface area contributed by atoms with Gasteiger partial charge in [-0.15, -0.1) is 0 Å². The van der Waals surface area contributed by atoms with Crippen LogP contribution < -0.4 is 5.32 Å². The van der Waals surface area contributed by atoms with Gasteiger partial charge in [0.25, 0.3) is 0 Å². The Morgan fingerprint density at radius 2 is 1.88 bits per heavy atom. The first-order chi connectivity index (χ1) is 12.7. The summed E-state index contributed by atoms with van der Waals surface area (Å²) in [5, 5.41) is 12.8. The molecule has 2 heterocycles. The minimum absolute atomic E-state index is 0.108. The molecule has 26 heavy (non-hydrogen) atoms. The highest BCUT2D eigenvalue weighted by Crippen LogP contribution is 2.41. The van der Waals surface area contributed by atoms with Crippen molar-refractivity contribution in [2.75, 3.05) is 38.2 Å². The van der Waals surface area contributed by atoms with Gasteiger partial charge in [-0.3, -0.25) is 0 Å². The molecule has 0 aromatic heterocycles. The zero-order valence-electron chi connectivity index (χ0n) is 14.7. The summed E-state index contributed by atoms with van der Waals surface area (Å²) in [5.74, 6) is 0.215. The third kappa shape index (κ3) is 3.20. The van der Waals surface area contributed by atoms with Crippen LogP contribution in [0.2, 0.25) is 0 Å². The molecule has 2 aliphatic rings. The van der Waals surface area contributed by atoms with Crippen molar-refractivity contribution in [3.05, 3.63) is 54.6 Å². The second-order valence-corrected chi connectivity index (χ2v) is 7.30. The summed E-state index contributed by atoms with van der Waals surface area (Å²) in [4.78, 5) is 14.5. The molecule has 4 rings (SSSR count). The minimum atomic E-state index is -0.202. The van der Waals surface area contributed by atoms with Gasteiger partial charge in [-0.1, -0.05) is 42.5 Å². The second-order valence-electron chi connectivity index (χ2n) is 7.30. The number of rotatable bonds is 3. The molecule has 2 aromatic carbocycles. The average Bonchev–Trinajstić information content (AvgIpc) is 3.10. The SMILES string of the molecule is O=C(Nc1ccc(-c2ccccc2)cc1)N1C[C@@H]2COCC[C@]2(CO)C1. The first-order valence-corrected chi connectivity index (χ1v) is 9.10. The van der Waals surface area contributed by atoms with Gasteiger partial charge >= 0.3 is 6.03 Å². The van der Waals surface area contributed by atoms with Gasteiger partial charge in [0.2, 0.25) is 0 Å². The summed E-state index contributed by atoms with van der Waals surface area (Å²) in [6.45, 7) is 2.61. The summed E-state index contributed by atoms with van der Waals surface area (Å²) < 4.78 is 5.54. The van der Waals surface area contributed by atoms with Gasteiger partial charge in [-0.2, -0.15) is 0 Å². The Morgan fingerprint density at radius 3 is 2.58 bits per heavy atom. The van der Waals surface area contributed by atoms with Crippen LogP contribution in [-0.4, -0.2) is 48.9 Å². The Kier molecular flexibility index (Phi) is 4.66. The first-order valence-electron chi connectivity index (χ1n) is 9.10. The highest BCUT2D eigenvalue weighted by molar-refractivity contribution is 5.90. The number of aliphatic hydroxyl groups is 1. The molecule has 0 saturated carbocycles. The number of nitrogens with zero attached hydrogens (tertiary/aromatic N) is 1. The number of likely N-dealkylation sites (tertiary alicyclic amines) is 1. The number of fused-ring (bicyclic) bond motifs is 1. The molecule has 0 aliphatic carbocycles. The molecule has 2 saturated heterocycles. The van der Waals surface area contributed by atoms with Crippen molar-refractivity contribution < 1.29 is 14.6 Å². The van der Waals surface area contributed by atoms with Gasteiger partial charge in [0, 0.05) is 36.7 Å². The van der Waals surface area contributed by atoms with Crippen LogP contribution in [-0.2, 0) is 4.74 Å². The first kappa shape index (κ1) is 17.1. The minimum Gasteiger partial charge on any atom is -0.396 e. The number of hydrogen-bond acceptors (Lipinski definition) is 3. The van der Waals surface area contributed by atoms with Crippen LogP contribution in [0.25, 0.3) is 11.1 Å². The molecule has 136 valence electrons. The van der Waals surface area contributed by atoms with Crippen LogP contribution in [0.5, 0.6) is 0 Å². The largest absolute Gasteiger partial charge is 0.396 e. The smallest absolute Gasteiger partial charge is 0.321 e. The van der Waals surface area contributed by atoms with E-state index >= 15 is 0 Å². The normalized spacial score (nSPS) is 25.0. The molecule has 0 radical (unpaired) electrons. The van der Waals surface area contributed by atoms with E-state index in [1.54, 1.807) is 4.90 Å². The third-order valence-corrected chi connectivity index (χ3v) is 5.72. The predicted octanol–water partition coefficient (Wildman–Crippen LogP) is 3.22. The molecule has 2 amide bonds. The van der Waals surface area contributed by atoms with E-state index in [4.69, 9.17) is 4.74 Å². The lowest BCUT2D eigenvalue weighted by Crippen LogP contribution is -2.41. The van der Waals surface area contributed by atoms with Gasteiger partial charge < -0.3 is 20.1 Å². The van der Waals surface area contributed by atoms with E-state index in [1.807, 2.05) is 42.5 Å². The van der Waals surface area contributed by atoms with Gasteiger partial charge in [0.05, 0.1) is 13.2 Å². The standard InChI is InChI=1S/C21H24N2O3/c24-15-21-10-11-26-13-18(21)12-23(14-21)20(25)22-19-8-6-17(7-9-19)16-4-2-1-3-5-16/h1-9,18,24H,10-15H2,(H,22,25)/t18-,21-/m1/s1. The lowest BCUT2D eigenvalue weighted by molar-refractivity contribution is -0.0415. The summed E-state index contributed by atoms with van der Waals surface area (Å²) in [6.07, 6.45) is 0.809. The molecule has 2 atom stereocenters. The number of hydrogen-bond donors (Lipinski definition) is 2. The van der Waals surface area contributed by atoms with Crippen LogP contribution in [0.15, 0.2) is 54.6 Å². The molecule has 2 aromatic rings. The molecular formula is C21H24N2O3. The lowest BCUT2D eigenvalue weighted by Gasteiger charge is -2.36. The molecule has 5 heteroatoms. The monoisotopic (exact) mass is 352 g/mol. The Morgan fingerprint density at radius 1 is 1.15 bits per heavy atom. The van der Waals surface area contributed by atoms with Crippen molar-refractivity contribution in [2.45, 2.75) is 6.42 Å². The van der Waals surface area contributed by atoms with E-state index in [2.05, 4.69) is 17.4 Å². The van der Waals surface area contributed by atoms with Crippen molar-refractivity contribution in [1.82, 2.24) is 4.90 Å². The van der Waals surface area contributed by atoms with E-state index in [1.165, 1.54) is 0 Å². The van der Waals surface area contributed by atoms with E-state index in [0.29, 0.717) is 26.3 Å². The predicted molar refractivity (Wildman–Crippen MR) is 101 cm³/mol. The van der Waals surface area contributed by atoms with Crippen LogP contribution in [0.1, 0.15) is 6.42 Å². The highest BCUT2D eigenvalue weighted by Gasteiger charge is 2.49. The van der Waals surface area contributed by atoms with E-state index < -0.39 is 0 Å². The van der Waals surface area contributed by atoms with Crippen LogP contribution in [0.4, 0.5) is 10.5 Å². The van der Waals surface area contributed by atoms with E-state index in [-0.39, 0.29) is 24.0 Å². The Balaban J connectivity index is 1.42. The van der Waals surface area contributed by atoms with Crippen molar-refractivity contribution in [3.63, 3.8) is 0 Å². The zero-order chi connectivity index (χ0) is 18.0. The number of nitrogens with one attached hydrogen (secondary N) is 1. The van der Waals surface area contributed by atoms with E-state index in [0.717, 1.165) is 23.2 Å². The molecular weight excluding hydrogens is 328 g/mol.